The summed E-state index contributed by atoms with van der Waals surface area (Å²) in [5, 5.41) is 4.76. The Kier molecular flexibility index (Phi) is 5.90. The summed E-state index contributed by atoms with van der Waals surface area (Å²) >= 11 is 0. The number of benzene rings is 7. The average molecular weight is 591 g/mol. The van der Waals surface area contributed by atoms with Gasteiger partial charge in [-0.15, -0.1) is 0 Å². The lowest BCUT2D eigenvalue weighted by atomic mass is 9.87. The maximum Gasteiger partial charge on any atom is 0.111 e. The van der Waals surface area contributed by atoms with Gasteiger partial charge >= 0.3 is 0 Å². The molecule has 4 heteroatoms. The van der Waals surface area contributed by atoms with Crippen LogP contribution in [-0.4, -0.2) is 19.1 Å². The summed E-state index contributed by atoms with van der Waals surface area (Å²) in [5.41, 5.74) is 11.3. The Morgan fingerprint density at radius 2 is 0.891 bits per heavy atom. The fourth-order valence-electron chi connectivity index (χ4n) is 7.29. The highest BCUT2D eigenvalue weighted by Gasteiger charge is 2.21. The molecule has 0 aliphatic rings. The van der Waals surface area contributed by atoms with Crippen molar-refractivity contribution in [3.8, 4) is 33.6 Å². The van der Waals surface area contributed by atoms with Gasteiger partial charge < -0.3 is 0 Å². The third-order valence-corrected chi connectivity index (χ3v) is 9.21. The Balaban J connectivity index is 1.47. The van der Waals surface area contributed by atoms with Gasteiger partial charge in [-0.25, -0.2) is 9.97 Å². The van der Waals surface area contributed by atoms with Crippen molar-refractivity contribution in [1.82, 2.24) is 19.1 Å². The second-order valence-corrected chi connectivity index (χ2v) is 11.9. The molecule has 0 saturated heterocycles. The summed E-state index contributed by atoms with van der Waals surface area (Å²) in [5.74, 6) is 1.93. The second kappa shape index (κ2) is 10.3. The van der Waals surface area contributed by atoms with E-state index in [0.717, 1.165) is 45.1 Å². The summed E-state index contributed by atoms with van der Waals surface area (Å²) in [4.78, 5) is 9.90. The number of nitrogens with zero attached hydrogens (tertiary/aromatic N) is 4. The van der Waals surface area contributed by atoms with Crippen LogP contribution in [0.2, 0.25) is 0 Å². The predicted molar refractivity (Wildman–Crippen MR) is 191 cm³/mol. The van der Waals surface area contributed by atoms with Crippen LogP contribution in [-0.2, 0) is 0 Å². The van der Waals surface area contributed by atoms with Gasteiger partial charge in [-0.05, 0) is 89.3 Å². The van der Waals surface area contributed by atoms with E-state index in [0.29, 0.717) is 0 Å². The Hall–Kier alpha value is -6.00. The molecule has 7 aromatic carbocycles. The highest BCUT2D eigenvalue weighted by atomic mass is 15.1. The number of hydrogen-bond acceptors (Lipinski definition) is 2. The second-order valence-electron chi connectivity index (χ2n) is 11.9. The number of fused-ring (bicyclic) bond motifs is 4. The minimum absolute atomic E-state index is 0.963. The van der Waals surface area contributed by atoms with E-state index in [-0.39, 0.29) is 0 Å². The highest BCUT2D eigenvalue weighted by Crippen LogP contribution is 2.44. The van der Waals surface area contributed by atoms with Gasteiger partial charge in [0.05, 0.1) is 33.4 Å². The first kappa shape index (κ1) is 26.4. The van der Waals surface area contributed by atoms with Gasteiger partial charge in [-0.2, -0.15) is 0 Å². The van der Waals surface area contributed by atoms with E-state index in [1.54, 1.807) is 0 Å². The zero-order chi connectivity index (χ0) is 30.8. The van der Waals surface area contributed by atoms with Gasteiger partial charge in [0.15, 0.2) is 0 Å². The number of rotatable bonds is 4. The van der Waals surface area contributed by atoms with Crippen molar-refractivity contribution in [3.63, 3.8) is 0 Å². The van der Waals surface area contributed by atoms with Gasteiger partial charge in [0.2, 0.25) is 0 Å². The Morgan fingerprint density at radius 1 is 0.413 bits per heavy atom. The van der Waals surface area contributed by atoms with Crippen molar-refractivity contribution in [2.24, 2.45) is 0 Å². The van der Waals surface area contributed by atoms with Gasteiger partial charge in [0.1, 0.15) is 11.6 Å². The average Bonchev–Trinajstić information content (AvgIpc) is 3.62. The predicted octanol–water partition coefficient (Wildman–Crippen LogP) is 10.6. The standard InChI is InChI=1S/C42H30N4/c1-27-43-36-20-8-10-22-40(36)45(27)38-24-12-18-32-34(38)26-35-33(42(32)31-17-7-6-16-30(31)29-14-4-3-5-15-29)19-13-25-39(35)46-28(2)44-37-21-9-11-23-41(37)46/h3-26H,1-2H3. The van der Waals surface area contributed by atoms with Crippen LogP contribution in [0.1, 0.15) is 11.6 Å². The number of aromatic nitrogens is 4. The summed E-state index contributed by atoms with van der Waals surface area (Å²) in [6, 6.07) is 52.0. The maximum absolute atomic E-state index is 4.95. The fourth-order valence-corrected chi connectivity index (χ4v) is 7.29. The van der Waals surface area contributed by atoms with Crippen LogP contribution in [0, 0.1) is 13.8 Å². The molecule has 2 heterocycles. The summed E-state index contributed by atoms with van der Waals surface area (Å²) < 4.78 is 4.60. The first-order valence-electron chi connectivity index (χ1n) is 15.7. The number of aryl methyl sites for hydroxylation is 2. The molecule has 9 rings (SSSR count). The highest BCUT2D eigenvalue weighted by molar-refractivity contribution is 6.18. The molecule has 0 radical (unpaired) electrons. The molecule has 218 valence electrons. The van der Waals surface area contributed by atoms with Crippen molar-refractivity contribution in [1.29, 1.82) is 0 Å². The largest absolute Gasteiger partial charge is 0.296 e. The first-order chi connectivity index (χ1) is 22.7. The van der Waals surface area contributed by atoms with Gasteiger partial charge in [0, 0.05) is 10.8 Å². The normalized spacial score (nSPS) is 11.7. The van der Waals surface area contributed by atoms with E-state index in [9.17, 15) is 0 Å². The number of para-hydroxylation sites is 4. The van der Waals surface area contributed by atoms with Crippen LogP contribution < -0.4 is 0 Å². The molecule has 0 bridgehead atoms. The third kappa shape index (κ3) is 3.93. The molecule has 0 aliphatic carbocycles. The van der Waals surface area contributed by atoms with Crippen molar-refractivity contribution < 1.29 is 0 Å². The lowest BCUT2D eigenvalue weighted by Gasteiger charge is -2.20. The SMILES string of the molecule is Cc1nc2ccccc2n1-c1cccc2c(-c3ccccc3-c3ccccc3)c3cccc(-n4c(C)nc5ccccc54)c3cc12. The van der Waals surface area contributed by atoms with E-state index >= 15 is 0 Å². The van der Waals surface area contributed by atoms with Crippen LogP contribution in [0.5, 0.6) is 0 Å². The van der Waals surface area contributed by atoms with E-state index in [1.807, 2.05) is 0 Å². The van der Waals surface area contributed by atoms with Crippen molar-refractivity contribution in [2.45, 2.75) is 13.8 Å². The molecule has 0 N–H and O–H groups in total. The quantitative estimate of drug-likeness (QED) is 0.191. The smallest absolute Gasteiger partial charge is 0.111 e. The summed E-state index contributed by atoms with van der Waals surface area (Å²) in [6.45, 7) is 4.19. The molecule has 4 nitrogen and oxygen atoms in total. The summed E-state index contributed by atoms with van der Waals surface area (Å²) in [6.07, 6.45) is 0. The molecule has 0 fully saturated rings. The minimum atomic E-state index is 0.963. The maximum atomic E-state index is 4.95. The van der Waals surface area contributed by atoms with E-state index in [4.69, 9.17) is 9.97 Å². The van der Waals surface area contributed by atoms with Crippen LogP contribution >= 0.6 is 0 Å². The first-order valence-corrected chi connectivity index (χ1v) is 15.7. The van der Waals surface area contributed by atoms with E-state index < -0.39 is 0 Å². The molecule has 0 unspecified atom stereocenters. The van der Waals surface area contributed by atoms with Crippen LogP contribution in [0.25, 0.3) is 77.2 Å². The molecule has 2 aromatic heterocycles. The molecule has 0 aliphatic heterocycles. The van der Waals surface area contributed by atoms with Crippen molar-refractivity contribution in [2.75, 3.05) is 0 Å². The Bertz CT molecular complexity index is 2470. The monoisotopic (exact) mass is 590 g/mol. The molecule has 0 spiro atoms. The van der Waals surface area contributed by atoms with Crippen molar-refractivity contribution in [3.05, 3.63) is 157 Å². The number of imidazole rings is 2. The van der Waals surface area contributed by atoms with Crippen LogP contribution in [0.4, 0.5) is 0 Å². The zero-order valence-corrected chi connectivity index (χ0v) is 25.6. The van der Waals surface area contributed by atoms with E-state index in [2.05, 4.69) is 169 Å². The lowest BCUT2D eigenvalue weighted by Crippen LogP contribution is -2.01. The van der Waals surface area contributed by atoms with Crippen LogP contribution in [0.3, 0.4) is 0 Å². The molecule has 0 atom stereocenters. The third-order valence-electron chi connectivity index (χ3n) is 9.21. The van der Waals surface area contributed by atoms with Crippen LogP contribution in [0.15, 0.2) is 146 Å². The molecule has 9 aromatic rings. The molecule has 0 amide bonds. The Labute approximate surface area is 266 Å². The molecular weight excluding hydrogens is 560 g/mol. The van der Waals surface area contributed by atoms with Gasteiger partial charge in [0.25, 0.3) is 0 Å². The summed E-state index contributed by atoms with van der Waals surface area (Å²) in [7, 11) is 0. The molecule has 0 saturated carbocycles. The van der Waals surface area contributed by atoms with Gasteiger partial charge in [-0.3, -0.25) is 9.13 Å². The number of hydrogen-bond donors (Lipinski definition) is 0. The Morgan fingerprint density at radius 3 is 1.46 bits per heavy atom. The molecular formula is C42H30N4. The van der Waals surface area contributed by atoms with E-state index in [1.165, 1.54) is 43.8 Å². The lowest BCUT2D eigenvalue weighted by molar-refractivity contribution is 1.01. The molecule has 46 heavy (non-hydrogen) atoms. The fraction of sp³-hybridized carbons (Fsp3) is 0.0476. The topological polar surface area (TPSA) is 35.6 Å². The zero-order valence-electron chi connectivity index (χ0n) is 25.6. The van der Waals surface area contributed by atoms with Gasteiger partial charge in [-0.1, -0.05) is 103 Å². The minimum Gasteiger partial charge on any atom is -0.296 e. The van der Waals surface area contributed by atoms with Crippen molar-refractivity contribution >= 4 is 43.6 Å².